The minimum atomic E-state index is -0.523. The molecule has 1 aliphatic rings. The minimum absolute atomic E-state index is 0.0105. The van der Waals surface area contributed by atoms with Crippen molar-refractivity contribution in [1.82, 2.24) is 9.88 Å². The second-order valence-corrected chi connectivity index (χ2v) is 8.13. The van der Waals surface area contributed by atoms with E-state index in [1.165, 1.54) is 4.90 Å². The monoisotopic (exact) mass is 475 g/mol. The molecule has 1 N–H and O–H groups in total. The Labute approximate surface area is 203 Å². The first-order chi connectivity index (χ1) is 16.3. The molecule has 4 rings (SSSR count). The molecular formula is C26H25N3O4S. The molecule has 0 radical (unpaired) electrons. The fourth-order valence-electron chi connectivity index (χ4n) is 3.97. The van der Waals surface area contributed by atoms with Crippen LogP contribution < -0.4 is 19.7 Å². The zero-order chi connectivity index (χ0) is 24.4. The summed E-state index contributed by atoms with van der Waals surface area (Å²) in [4.78, 5) is 27.4. The van der Waals surface area contributed by atoms with Crippen LogP contribution >= 0.6 is 12.2 Å². The summed E-state index contributed by atoms with van der Waals surface area (Å²) in [6.45, 7) is 6.48. The molecule has 7 nitrogen and oxygen atoms in total. The predicted molar refractivity (Wildman–Crippen MR) is 136 cm³/mol. The number of rotatable bonds is 6. The number of methoxy groups -OCH3 is 1. The Morgan fingerprint density at radius 3 is 2.21 bits per heavy atom. The van der Waals surface area contributed by atoms with Gasteiger partial charge in [0, 0.05) is 17.1 Å². The summed E-state index contributed by atoms with van der Waals surface area (Å²) < 4.78 is 12.8. The summed E-state index contributed by atoms with van der Waals surface area (Å²) in [5.41, 5.74) is 4.16. The smallest absolute Gasteiger partial charge is 0.270 e. The van der Waals surface area contributed by atoms with Gasteiger partial charge in [0.1, 0.15) is 17.1 Å². The molecule has 0 spiro atoms. The number of aryl methyl sites for hydroxylation is 1. The Hall–Kier alpha value is -3.91. The normalized spacial score (nSPS) is 15.0. The summed E-state index contributed by atoms with van der Waals surface area (Å²) in [5, 5.41) is 2.66. The van der Waals surface area contributed by atoms with Crippen LogP contribution in [0, 0.1) is 13.8 Å². The lowest BCUT2D eigenvalue weighted by atomic mass is 10.1. The van der Waals surface area contributed by atoms with Gasteiger partial charge in [-0.25, -0.2) is 0 Å². The lowest BCUT2D eigenvalue weighted by molar-refractivity contribution is -0.122. The van der Waals surface area contributed by atoms with Gasteiger partial charge in [0.2, 0.25) is 0 Å². The molecule has 0 saturated carbocycles. The lowest BCUT2D eigenvalue weighted by Gasteiger charge is -2.29. The highest BCUT2D eigenvalue weighted by atomic mass is 32.1. The number of nitrogens with one attached hydrogen (secondary N) is 1. The van der Waals surface area contributed by atoms with Gasteiger partial charge in [0.05, 0.1) is 19.4 Å². The van der Waals surface area contributed by atoms with E-state index < -0.39 is 11.8 Å². The zero-order valence-corrected chi connectivity index (χ0v) is 20.2. The van der Waals surface area contributed by atoms with Crippen LogP contribution in [0.5, 0.6) is 11.5 Å². The second-order valence-electron chi connectivity index (χ2n) is 7.74. The van der Waals surface area contributed by atoms with Gasteiger partial charge in [-0.05, 0) is 99.2 Å². The maximum Gasteiger partial charge on any atom is 0.270 e. The van der Waals surface area contributed by atoms with E-state index in [1.807, 2.05) is 51.1 Å². The zero-order valence-electron chi connectivity index (χ0n) is 19.4. The molecule has 0 aliphatic carbocycles. The molecule has 0 atom stereocenters. The predicted octanol–water partition coefficient (Wildman–Crippen LogP) is 4.33. The van der Waals surface area contributed by atoms with Crippen LogP contribution in [0.4, 0.5) is 5.69 Å². The number of hydrogen-bond acceptors (Lipinski definition) is 5. The molecule has 0 bridgehead atoms. The molecule has 2 amide bonds. The van der Waals surface area contributed by atoms with E-state index in [9.17, 15) is 9.59 Å². The molecule has 34 heavy (non-hydrogen) atoms. The van der Waals surface area contributed by atoms with Crippen LogP contribution in [0.15, 0.2) is 60.2 Å². The molecule has 1 saturated heterocycles. The van der Waals surface area contributed by atoms with Crippen molar-refractivity contribution in [3.05, 3.63) is 77.1 Å². The fraction of sp³-hybridized carbons (Fsp3) is 0.192. The van der Waals surface area contributed by atoms with E-state index in [0.29, 0.717) is 18.0 Å². The molecule has 8 heteroatoms. The third-order valence-electron chi connectivity index (χ3n) is 5.61. The van der Waals surface area contributed by atoms with Crippen LogP contribution in [0.25, 0.3) is 11.8 Å². The highest BCUT2D eigenvalue weighted by Gasteiger charge is 2.34. The number of benzene rings is 2. The molecule has 1 aliphatic heterocycles. The van der Waals surface area contributed by atoms with Crippen molar-refractivity contribution in [3.63, 3.8) is 0 Å². The van der Waals surface area contributed by atoms with Crippen molar-refractivity contribution in [3.8, 4) is 17.2 Å². The molecule has 0 unspecified atom stereocenters. The number of carbonyl (C=O) groups excluding carboxylic acids is 2. The third kappa shape index (κ3) is 4.32. The quantitative estimate of drug-likeness (QED) is 0.326. The van der Waals surface area contributed by atoms with E-state index in [4.69, 9.17) is 21.7 Å². The molecule has 1 aromatic heterocycles. The van der Waals surface area contributed by atoms with Crippen LogP contribution in [0.3, 0.4) is 0 Å². The number of ether oxygens (including phenoxy) is 2. The first-order valence-corrected chi connectivity index (χ1v) is 11.2. The Kier molecular flexibility index (Phi) is 6.51. The Bertz CT molecular complexity index is 1290. The highest BCUT2D eigenvalue weighted by molar-refractivity contribution is 7.80. The lowest BCUT2D eigenvalue weighted by Crippen LogP contribution is -2.54. The van der Waals surface area contributed by atoms with Crippen molar-refractivity contribution >= 4 is 40.9 Å². The van der Waals surface area contributed by atoms with Crippen molar-refractivity contribution < 1.29 is 19.1 Å². The number of anilines is 1. The summed E-state index contributed by atoms with van der Waals surface area (Å²) in [6.07, 6.45) is 1.61. The van der Waals surface area contributed by atoms with Gasteiger partial charge in [0.15, 0.2) is 5.11 Å². The Morgan fingerprint density at radius 1 is 0.971 bits per heavy atom. The van der Waals surface area contributed by atoms with Gasteiger partial charge < -0.3 is 14.0 Å². The fourth-order valence-corrected chi connectivity index (χ4v) is 4.25. The summed E-state index contributed by atoms with van der Waals surface area (Å²) in [6, 6.07) is 16.6. The highest BCUT2D eigenvalue weighted by Crippen LogP contribution is 2.27. The number of nitrogens with zero attached hydrogens (tertiary/aromatic N) is 2. The molecular weight excluding hydrogens is 450 g/mol. The average Bonchev–Trinajstić information content (AvgIpc) is 3.10. The maximum atomic E-state index is 13.3. The maximum absolute atomic E-state index is 13.3. The van der Waals surface area contributed by atoms with E-state index in [1.54, 1.807) is 37.5 Å². The van der Waals surface area contributed by atoms with Crippen LogP contribution in [0.2, 0.25) is 0 Å². The summed E-state index contributed by atoms with van der Waals surface area (Å²) in [7, 11) is 1.57. The Balaban J connectivity index is 1.70. The topological polar surface area (TPSA) is 72.8 Å². The minimum Gasteiger partial charge on any atom is -0.497 e. The first-order valence-electron chi connectivity index (χ1n) is 10.8. The van der Waals surface area contributed by atoms with Crippen molar-refractivity contribution in [2.75, 3.05) is 18.6 Å². The molecule has 1 fully saturated rings. The van der Waals surface area contributed by atoms with Crippen LogP contribution in [-0.2, 0) is 9.59 Å². The Morgan fingerprint density at radius 2 is 1.59 bits per heavy atom. The molecule has 174 valence electrons. The first kappa shape index (κ1) is 23.3. The molecule has 2 heterocycles. The van der Waals surface area contributed by atoms with Crippen molar-refractivity contribution in [2.24, 2.45) is 0 Å². The third-order valence-corrected chi connectivity index (χ3v) is 5.89. The van der Waals surface area contributed by atoms with Gasteiger partial charge in [-0.15, -0.1) is 0 Å². The number of aromatic nitrogens is 1. The average molecular weight is 476 g/mol. The number of thiocarbonyl (C=S) groups is 1. The van der Waals surface area contributed by atoms with Gasteiger partial charge in [-0.2, -0.15) is 0 Å². The van der Waals surface area contributed by atoms with Gasteiger partial charge in [-0.1, -0.05) is 0 Å². The van der Waals surface area contributed by atoms with E-state index in [0.717, 1.165) is 28.4 Å². The van der Waals surface area contributed by atoms with E-state index in [2.05, 4.69) is 9.88 Å². The van der Waals surface area contributed by atoms with Gasteiger partial charge in [-0.3, -0.25) is 19.8 Å². The number of carbonyl (C=O) groups is 2. The van der Waals surface area contributed by atoms with E-state index in [-0.39, 0.29) is 10.7 Å². The number of hydrogen-bond donors (Lipinski definition) is 1. The SMILES string of the molecule is CCOc1ccc(-n2c(C)cc(/C=C3\C(=O)NC(=S)N(c4ccc(OC)cc4)C3=O)c2C)cc1. The number of amides is 2. The van der Waals surface area contributed by atoms with E-state index >= 15 is 0 Å². The van der Waals surface area contributed by atoms with Crippen molar-refractivity contribution in [1.29, 1.82) is 0 Å². The standard InChI is InChI=1S/C26H25N3O4S/c1-5-33-22-12-8-19(9-13-22)28-16(2)14-18(17(28)3)15-23-24(30)27-26(34)29(25(23)31)20-6-10-21(32-4)11-7-20/h6-15H,5H2,1-4H3,(H,27,30,34)/b23-15+. The van der Waals surface area contributed by atoms with Gasteiger partial charge >= 0.3 is 0 Å². The molecule has 2 aromatic carbocycles. The van der Waals surface area contributed by atoms with Crippen molar-refractivity contribution in [2.45, 2.75) is 20.8 Å². The summed E-state index contributed by atoms with van der Waals surface area (Å²) >= 11 is 5.29. The summed E-state index contributed by atoms with van der Waals surface area (Å²) in [5.74, 6) is 0.450. The largest absolute Gasteiger partial charge is 0.497 e. The molecule has 3 aromatic rings. The second kappa shape index (κ2) is 9.52. The van der Waals surface area contributed by atoms with Crippen LogP contribution in [0.1, 0.15) is 23.9 Å². The van der Waals surface area contributed by atoms with Gasteiger partial charge in [0.25, 0.3) is 11.8 Å². The van der Waals surface area contributed by atoms with Crippen LogP contribution in [-0.4, -0.2) is 35.2 Å².